The van der Waals surface area contributed by atoms with Gasteiger partial charge in [-0.25, -0.2) is 0 Å². The van der Waals surface area contributed by atoms with Crippen LogP contribution in [0.4, 0.5) is 0 Å². The van der Waals surface area contributed by atoms with Gasteiger partial charge in [0, 0.05) is 18.2 Å². The van der Waals surface area contributed by atoms with Gasteiger partial charge < -0.3 is 24.8 Å². The fourth-order valence-electron chi connectivity index (χ4n) is 2.77. The number of nitrogens with zero attached hydrogens (tertiary/aromatic N) is 1. The van der Waals surface area contributed by atoms with Gasteiger partial charge in [0.1, 0.15) is 0 Å². The predicted molar refractivity (Wildman–Crippen MR) is 93.8 cm³/mol. The Labute approximate surface area is 146 Å². The summed E-state index contributed by atoms with van der Waals surface area (Å²) in [6.45, 7) is 0.395. The molecular weight excluding hydrogens is 321 g/mol. The first-order chi connectivity index (χ1) is 12.0. The van der Waals surface area contributed by atoms with Crippen LogP contribution in [0.1, 0.15) is 28.8 Å². The minimum absolute atomic E-state index is 0.0557. The third-order valence-electron chi connectivity index (χ3n) is 4.28. The normalized spacial score (nSPS) is 13.4. The molecule has 130 valence electrons. The summed E-state index contributed by atoms with van der Waals surface area (Å²) in [4.78, 5) is 14.7. The highest BCUT2D eigenvalue weighted by Crippen LogP contribution is 2.32. The van der Waals surface area contributed by atoms with E-state index in [1.807, 2.05) is 0 Å². The molecule has 0 saturated heterocycles. The average Bonchev–Trinajstić information content (AvgIpc) is 3.45. The van der Waals surface area contributed by atoms with E-state index < -0.39 is 7.12 Å². The molecule has 0 heterocycles. The zero-order chi connectivity index (χ0) is 18.0. The standard InChI is InChI=1S/C18H20BNO5/c1-25-17-9-12(5-8-16(17)21)11-20(15-6-7-15)18(22)13-3-2-4-14(10-13)19(23)24/h2-5,8-10,15,21,23-24H,6-7,11H2,1H3. The van der Waals surface area contributed by atoms with Gasteiger partial charge in [0.25, 0.3) is 5.91 Å². The SMILES string of the molecule is COc1cc(CN(C(=O)c2cccc(B(O)O)c2)C2CC2)ccc1O. The molecule has 0 bridgehead atoms. The number of hydrogen-bond donors (Lipinski definition) is 3. The van der Waals surface area contributed by atoms with Crippen molar-refractivity contribution in [1.29, 1.82) is 0 Å². The van der Waals surface area contributed by atoms with Crippen LogP contribution < -0.4 is 10.2 Å². The molecule has 7 heteroatoms. The Morgan fingerprint density at radius 2 is 2.00 bits per heavy atom. The van der Waals surface area contributed by atoms with E-state index in [2.05, 4.69) is 0 Å². The molecule has 2 aromatic rings. The van der Waals surface area contributed by atoms with Gasteiger partial charge in [0.2, 0.25) is 0 Å². The van der Waals surface area contributed by atoms with E-state index in [0.717, 1.165) is 18.4 Å². The summed E-state index contributed by atoms with van der Waals surface area (Å²) in [5.74, 6) is 0.267. The number of carbonyl (C=O) groups excluding carboxylic acids is 1. The molecule has 1 amide bonds. The van der Waals surface area contributed by atoms with Crippen molar-refractivity contribution in [1.82, 2.24) is 4.90 Å². The Morgan fingerprint density at radius 1 is 1.24 bits per heavy atom. The Morgan fingerprint density at radius 3 is 2.64 bits per heavy atom. The van der Waals surface area contributed by atoms with Crippen LogP contribution in [0.25, 0.3) is 0 Å². The zero-order valence-electron chi connectivity index (χ0n) is 13.9. The smallest absolute Gasteiger partial charge is 0.488 e. The second-order valence-electron chi connectivity index (χ2n) is 6.17. The molecule has 0 aliphatic heterocycles. The highest BCUT2D eigenvalue weighted by molar-refractivity contribution is 6.58. The number of aromatic hydroxyl groups is 1. The van der Waals surface area contributed by atoms with Gasteiger partial charge in [-0.1, -0.05) is 18.2 Å². The molecule has 1 fully saturated rings. The maximum absolute atomic E-state index is 12.9. The summed E-state index contributed by atoms with van der Waals surface area (Å²) < 4.78 is 5.12. The first kappa shape index (κ1) is 17.3. The fourth-order valence-corrected chi connectivity index (χ4v) is 2.77. The van der Waals surface area contributed by atoms with Gasteiger partial charge in [0.05, 0.1) is 7.11 Å². The highest BCUT2D eigenvalue weighted by Gasteiger charge is 2.33. The van der Waals surface area contributed by atoms with Crippen LogP contribution >= 0.6 is 0 Å². The molecule has 1 aliphatic carbocycles. The highest BCUT2D eigenvalue weighted by atomic mass is 16.5. The summed E-state index contributed by atoms with van der Waals surface area (Å²) in [5, 5.41) is 28.3. The van der Waals surface area contributed by atoms with Crippen LogP contribution in [0, 0.1) is 0 Å². The number of carbonyl (C=O) groups is 1. The fraction of sp³-hybridized carbons (Fsp3) is 0.278. The van der Waals surface area contributed by atoms with Crippen LogP contribution in [0.3, 0.4) is 0 Å². The topological polar surface area (TPSA) is 90.2 Å². The first-order valence-electron chi connectivity index (χ1n) is 8.12. The van der Waals surface area contributed by atoms with Crippen LogP contribution in [-0.4, -0.2) is 46.2 Å². The van der Waals surface area contributed by atoms with Crippen molar-refractivity contribution in [3.63, 3.8) is 0 Å². The third kappa shape index (κ3) is 3.95. The molecule has 2 aromatic carbocycles. The summed E-state index contributed by atoms with van der Waals surface area (Å²) in [6, 6.07) is 11.6. The number of hydrogen-bond acceptors (Lipinski definition) is 5. The molecule has 0 spiro atoms. The number of benzene rings is 2. The number of rotatable bonds is 6. The number of methoxy groups -OCH3 is 1. The molecular formula is C18H20BNO5. The van der Waals surface area contributed by atoms with Crippen molar-refractivity contribution in [2.45, 2.75) is 25.4 Å². The molecule has 1 saturated carbocycles. The monoisotopic (exact) mass is 341 g/mol. The van der Waals surface area contributed by atoms with Crippen molar-refractivity contribution < 1.29 is 24.7 Å². The van der Waals surface area contributed by atoms with Gasteiger partial charge >= 0.3 is 7.12 Å². The van der Waals surface area contributed by atoms with Crippen molar-refractivity contribution in [2.75, 3.05) is 7.11 Å². The number of phenolic OH excluding ortho intramolecular Hbond substituents is 1. The number of amides is 1. The predicted octanol–water partition coefficient (Wildman–Crippen LogP) is 0.885. The van der Waals surface area contributed by atoms with E-state index in [4.69, 9.17) is 4.74 Å². The van der Waals surface area contributed by atoms with Gasteiger partial charge in [-0.2, -0.15) is 0 Å². The van der Waals surface area contributed by atoms with Gasteiger partial charge in [0.15, 0.2) is 11.5 Å². The summed E-state index contributed by atoms with van der Waals surface area (Å²) >= 11 is 0. The van der Waals surface area contributed by atoms with E-state index in [1.54, 1.807) is 41.3 Å². The lowest BCUT2D eigenvalue weighted by Gasteiger charge is -2.23. The van der Waals surface area contributed by atoms with E-state index in [0.29, 0.717) is 17.9 Å². The van der Waals surface area contributed by atoms with Crippen molar-refractivity contribution in [3.8, 4) is 11.5 Å². The minimum Gasteiger partial charge on any atom is -0.504 e. The van der Waals surface area contributed by atoms with E-state index in [1.165, 1.54) is 13.2 Å². The maximum Gasteiger partial charge on any atom is 0.488 e. The lowest BCUT2D eigenvalue weighted by atomic mass is 9.79. The van der Waals surface area contributed by atoms with Crippen LogP contribution in [0.15, 0.2) is 42.5 Å². The van der Waals surface area contributed by atoms with Crippen molar-refractivity contribution in [2.24, 2.45) is 0 Å². The molecule has 0 atom stereocenters. The maximum atomic E-state index is 12.9. The van der Waals surface area contributed by atoms with Gasteiger partial charge in [-0.05, 0) is 48.1 Å². The number of phenols is 1. The van der Waals surface area contributed by atoms with Crippen molar-refractivity contribution >= 4 is 18.5 Å². The minimum atomic E-state index is -1.61. The molecule has 0 radical (unpaired) electrons. The lowest BCUT2D eigenvalue weighted by Crippen LogP contribution is -2.35. The van der Waals surface area contributed by atoms with E-state index in [9.17, 15) is 19.9 Å². The molecule has 1 aliphatic rings. The largest absolute Gasteiger partial charge is 0.504 e. The second-order valence-corrected chi connectivity index (χ2v) is 6.17. The third-order valence-corrected chi connectivity index (χ3v) is 4.28. The molecule has 3 rings (SSSR count). The second kappa shape index (κ2) is 7.17. The summed E-state index contributed by atoms with van der Waals surface area (Å²) in [7, 11) is -0.127. The number of ether oxygens (including phenoxy) is 1. The molecule has 0 aromatic heterocycles. The quantitative estimate of drug-likeness (QED) is 0.679. The van der Waals surface area contributed by atoms with Crippen LogP contribution in [-0.2, 0) is 6.54 Å². The summed E-state index contributed by atoms with van der Waals surface area (Å²) in [5.41, 5.74) is 1.56. The molecule has 25 heavy (non-hydrogen) atoms. The molecule has 3 N–H and O–H groups in total. The Hall–Kier alpha value is -2.51. The zero-order valence-corrected chi connectivity index (χ0v) is 13.9. The average molecular weight is 341 g/mol. The van der Waals surface area contributed by atoms with Crippen LogP contribution in [0.2, 0.25) is 0 Å². The first-order valence-corrected chi connectivity index (χ1v) is 8.12. The van der Waals surface area contributed by atoms with Crippen molar-refractivity contribution in [3.05, 3.63) is 53.6 Å². The van der Waals surface area contributed by atoms with E-state index in [-0.39, 0.29) is 23.2 Å². The molecule has 0 unspecified atom stereocenters. The Kier molecular flexibility index (Phi) is 4.97. The van der Waals surface area contributed by atoms with Gasteiger partial charge in [-0.15, -0.1) is 0 Å². The molecule has 6 nitrogen and oxygen atoms in total. The Bertz CT molecular complexity index is 776. The van der Waals surface area contributed by atoms with E-state index >= 15 is 0 Å². The Balaban J connectivity index is 1.84. The summed E-state index contributed by atoms with van der Waals surface area (Å²) in [6.07, 6.45) is 1.90. The van der Waals surface area contributed by atoms with Crippen LogP contribution in [0.5, 0.6) is 11.5 Å². The van der Waals surface area contributed by atoms with Gasteiger partial charge in [-0.3, -0.25) is 4.79 Å². The lowest BCUT2D eigenvalue weighted by molar-refractivity contribution is 0.0730.